The van der Waals surface area contributed by atoms with Crippen molar-refractivity contribution in [2.75, 3.05) is 6.61 Å². The van der Waals surface area contributed by atoms with Gasteiger partial charge in [0, 0.05) is 0 Å². The minimum atomic E-state index is -0.960. The number of carbonyl (C=O) groups is 1. The van der Waals surface area contributed by atoms with Crippen molar-refractivity contribution < 1.29 is 20.1 Å². The predicted octanol–water partition coefficient (Wildman–Crippen LogP) is 20.6. The van der Waals surface area contributed by atoms with Gasteiger partial charge in [-0.05, 0) is 44.9 Å². The number of aliphatic hydroxyl groups excluding tert-OH is 3. The lowest BCUT2D eigenvalue weighted by Gasteiger charge is -2.21. The van der Waals surface area contributed by atoms with E-state index in [0.717, 1.165) is 38.5 Å². The first-order valence-corrected chi connectivity index (χ1v) is 32.3. The number of allylic oxidation sites excluding steroid dienone is 5. The SMILES string of the molecule is CCCCCCCCCCCCCCCCC/C=C/CC/C=C/CC/C=C/C(O)C(CO)NC(=O)CC(O)CCCCCCCCCCCCCCCCCCCCCCCCCCCCCCCCC. The van der Waals surface area contributed by atoms with Crippen LogP contribution in [0.15, 0.2) is 36.5 Å². The summed E-state index contributed by atoms with van der Waals surface area (Å²) in [4.78, 5) is 12.6. The van der Waals surface area contributed by atoms with Crippen LogP contribution in [0, 0.1) is 0 Å². The Hall–Kier alpha value is -1.43. The maximum Gasteiger partial charge on any atom is 0.222 e. The molecule has 5 heteroatoms. The van der Waals surface area contributed by atoms with E-state index in [0.29, 0.717) is 6.42 Å². The third kappa shape index (κ3) is 57.7. The van der Waals surface area contributed by atoms with E-state index in [9.17, 15) is 20.1 Å². The summed E-state index contributed by atoms with van der Waals surface area (Å²) in [6.07, 6.45) is 80.9. The zero-order valence-electron chi connectivity index (χ0n) is 48.1. The number of rotatable bonds is 60. The fourth-order valence-corrected chi connectivity index (χ4v) is 10.3. The van der Waals surface area contributed by atoms with Gasteiger partial charge in [-0.25, -0.2) is 0 Å². The van der Waals surface area contributed by atoms with Gasteiger partial charge in [-0.15, -0.1) is 0 Å². The highest BCUT2D eigenvalue weighted by molar-refractivity contribution is 5.76. The Labute approximate surface area is 444 Å². The second-order valence-corrected chi connectivity index (χ2v) is 22.4. The van der Waals surface area contributed by atoms with Crippen molar-refractivity contribution in [2.24, 2.45) is 0 Å². The molecule has 0 aliphatic carbocycles. The molecular weight excluding hydrogens is 871 g/mol. The molecule has 0 aromatic heterocycles. The van der Waals surface area contributed by atoms with Crippen LogP contribution >= 0.6 is 0 Å². The molecule has 3 unspecified atom stereocenters. The van der Waals surface area contributed by atoms with Gasteiger partial charge < -0.3 is 20.6 Å². The van der Waals surface area contributed by atoms with Crippen molar-refractivity contribution in [3.63, 3.8) is 0 Å². The highest BCUT2D eigenvalue weighted by atomic mass is 16.3. The molecule has 420 valence electrons. The van der Waals surface area contributed by atoms with E-state index in [1.807, 2.05) is 6.08 Å². The molecule has 0 rings (SSSR count). The van der Waals surface area contributed by atoms with Crippen LogP contribution in [0.2, 0.25) is 0 Å². The van der Waals surface area contributed by atoms with Crippen LogP contribution in [0.3, 0.4) is 0 Å². The molecule has 3 atom stereocenters. The second-order valence-electron chi connectivity index (χ2n) is 22.4. The Morgan fingerprint density at radius 1 is 0.352 bits per heavy atom. The summed E-state index contributed by atoms with van der Waals surface area (Å²) >= 11 is 0. The van der Waals surface area contributed by atoms with Gasteiger partial charge in [0.15, 0.2) is 0 Å². The summed E-state index contributed by atoms with van der Waals surface area (Å²) in [6, 6.07) is -0.768. The first-order chi connectivity index (χ1) is 35.0. The van der Waals surface area contributed by atoms with Crippen molar-refractivity contribution in [1.29, 1.82) is 0 Å². The predicted molar refractivity (Wildman–Crippen MR) is 314 cm³/mol. The number of carbonyl (C=O) groups excluding carboxylic acids is 1. The summed E-state index contributed by atoms with van der Waals surface area (Å²) in [6.45, 7) is 4.24. The number of hydrogen-bond acceptors (Lipinski definition) is 4. The molecule has 0 aliphatic heterocycles. The van der Waals surface area contributed by atoms with E-state index in [1.54, 1.807) is 6.08 Å². The fraction of sp³-hybridized carbons (Fsp3) is 0.894. The highest BCUT2D eigenvalue weighted by Crippen LogP contribution is 2.19. The van der Waals surface area contributed by atoms with Crippen molar-refractivity contribution in [3.8, 4) is 0 Å². The molecule has 0 bridgehead atoms. The van der Waals surface area contributed by atoms with Gasteiger partial charge in [-0.1, -0.05) is 339 Å². The molecule has 0 saturated heterocycles. The molecule has 0 saturated carbocycles. The first-order valence-electron chi connectivity index (χ1n) is 32.3. The average Bonchev–Trinajstić information content (AvgIpc) is 3.37. The number of unbranched alkanes of at least 4 members (excludes halogenated alkanes) is 47. The van der Waals surface area contributed by atoms with E-state index in [4.69, 9.17) is 0 Å². The summed E-state index contributed by atoms with van der Waals surface area (Å²) in [7, 11) is 0. The van der Waals surface area contributed by atoms with Crippen LogP contribution in [-0.4, -0.2) is 46.1 Å². The molecule has 4 N–H and O–H groups in total. The minimum Gasteiger partial charge on any atom is -0.394 e. The third-order valence-electron chi connectivity index (χ3n) is 15.2. The number of hydrogen-bond donors (Lipinski definition) is 4. The lowest BCUT2D eigenvalue weighted by atomic mass is 10.0. The molecule has 5 nitrogen and oxygen atoms in total. The second kappa shape index (κ2) is 61.1. The topological polar surface area (TPSA) is 89.8 Å². The summed E-state index contributed by atoms with van der Waals surface area (Å²) in [5.41, 5.74) is 0. The average molecular weight is 999 g/mol. The number of nitrogens with one attached hydrogen (secondary N) is 1. The lowest BCUT2D eigenvalue weighted by Crippen LogP contribution is -2.45. The van der Waals surface area contributed by atoms with Crippen LogP contribution in [-0.2, 0) is 4.79 Å². The van der Waals surface area contributed by atoms with Gasteiger partial charge in [0.1, 0.15) is 0 Å². The molecule has 0 radical (unpaired) electrons. The highest BCUT2D eigenvalue weighted by Gasteiger charge is 2.20. The van der Waals surface area contributed by atoms with Crippen LogP contribution in [0.25, 0.3) is 0 Å². The van der Waals surface area contributed by atoms with Crippen molar-refractivity contribution in [1.82, 2.24) is 5.32 Å². The zero-order chi connectivity index (χ0) is 51.4. The summed E-state index contributed by atoms with van der Waals surface area (Å²) < 4.78 is 0. The monoisotopic (exact) mass is 998 g/mol. The maximum absolute atomic E-state index is 12.6. The molecular formula is C66H127NO4. The molecule has 0 spiro atoms. The van der Waals surface area contributed by atoms with E-state index >= 15 is 0 Å². The normalized spacial score (nSPS) is 13.4. The van der Waals surface area contributed by atoms with Gasteiger partial charge in [-0.3, -0.25) is 4.79 Å². The molecule has 0 heterocycles. The first kappa shape index (κ1) is 69.6. The Morgan fingerprint density at radius 2 is 0.606 bits per heavy atom. The van der Waals surface area contributed by atoms with Gasteiger partial charge >= 0.3 is 0 Å². The quantitative estimate of drug-likeness (QED) is 0.0361. The Balaban J connectivity index is 3.54. The zero-order valence-corrected chi connectivity index (χ0v) is 48.1. The van der Waals surface area contributed by atoms with Crippen molar-refractivity contribution in [2.45, 2.75) is 372 Å². The standard InChI is InChI=1S/C66H127NO4/c1-3-5-7-9-11-13-15-17-19-21-23-25-27-29-30-31-32-33-34-36-37-39-41-43-45-47-49-51-53-55-57-59-63(69)61-66(71)67-64(62-68)65(70)60-58-56-54-52-50-48-46-44-42-40-38-35-28-26-24-22-20-18-16-14-12-10-8-6-4-2/h42,44,50,52,58,60,63-65,68-70H,3-41,43,45-49,51,53-57,59,61-62H2,1-2H3,(H,67,71)/b44-42+,52-50+,60-58+. The molecule has 0 aliphatic rings. The van der Waals surface area contributed by atoms with Crippen LogP contribution in [0.4, 0.5) is 0 Å². The van der Waals surface area contributed by atoms with Crippen LogP contribution in [0.1, 0.15) is 354 Å². The van der Waals surface area contributed by atoms with Gasteiger partial charge in [0.25, 0.3) is 0 Å². The van der Waals surface area contributed by atoms with Crippen LogP contribution in [0.5, 0.6) is 0 Å². The largest absolute Gasteiger partial charge is 0.394 e. The maximum atomic E-state index is 12.6. The summed E-state index contributed by atoms with van der Waals surface area (Å²) in [5, 5.41) is 33.5. The van der Waals surface area contributed by atoms with Gasteiger partial charge in [0.05, 0.1) is 31.3 Å². The van der Waals surface area contributed by atoms with E-state index < -0.39 is 18.2 Å². The van der Waals surface area contributed by atoms with Crippen LogP contribution < -0.4 is 5.32 Å². The summed E-state index contributed by atoms with van der Waals surface area (Å²) in [5.74, 6) is -0.323. The molecule has 71 heavy (non-hydrogen) atoms. The van der Waals surface area contributed by atoms with E-state index in [2.05, 4.69) is 43.5 Å². The van der Waals surface area contributed by atoms with Crippen molar-refractivity contribution in [3.05, 3.63) is 36.5 Å². The Morgan fingerprint density at radius 3 is 0.901 bits per heavy atom. The molecule has 0 aromatic carbocycles. The number of amides is 1. The number of aliphatic hydroxyl groups is 3. The lowest BCUT2D eigenvalue weighted by molar-refractivity contribution is -0.124. The van der Waals surface area contributed by atoms with Gasteiger partial charge in [-0.2, -0.15) is 0 Å². The fourth-order valence-electron chi connectivity index (χ4n) is 10.3. The van der Waals surface area contributed by atoms with Crippen molar-refractivity contribution >= 4 is 5.91 Å². The molecule has 0 fully saturated rings. The smallest absolute Gasteiger partial charge is 0.222 e. The van der Waals surface area contributed by atoms with E-state index in [-0.39, 0.29) is 18.9 Å². The van der Waals surface area contributed by atoms with E-state index in [1.165, 1.54) is 289 Å². The third-order valence-corrected chi connectivity index (χ3v) is 15.2. The molecule has 0 aromatic rings. The minimum absolute atomic E-state index is 0.00597. The Bertz CT molecular complexity index is 1100. The van der Waals surface area contributed by atoms with Gasteiger partial charge in [0.2, 0.25) is 5.91 Å². The molecule has 1 amide bonds. The Kier molecular flexibility index (Phi) is 59.9.